The highest BCUT2D eigenvalue weighted by Crippen LogP contribution is 2.10. The number of rotatable bonds is 2. The zero-order valence-corrected chi connectivity index (χ0v) is 9.69. The zero-order valence-electron chi connectivity index (χ0n) is 9.69. The molecule has 0 atom stereocenters. The van der Waals surface area contributed by atoms with Crippen LogP contribution in [0.25, 0.3) is 5.65 Å². The van der Waals surface area contributed by atoms with Crippen molar-refractivity contribution < 1.29 is 4.79 Å². The summed E-state index contributed by atoms with van der Waals surface area (Å²) in [6, 6.07) is 3.77. The minimum absolute atomic E-state index is 0.0776. The van der Waals surface area contributed by atoms with E-state index in [9.17, 15) is 4.79 Å². The van der Waals surface area contributed by atoms with Gasteiger partial charge in [-0.05, 0) is 32.9 Å². The number of aryl methyl sites for hydroxylation is 1. The molecule has 84 valence electrons. The summed E-state index contributed by atoms with van der Waals surface area (Å²) in [5.41, 5.74) is 2.23. The van der Waals surface area contributed by atoms with Gasteiger partial charge in [0.05, 0.1) is 11.3 Å². The van der Waals surface area contributed by atoms with Crippen molar-refractivity contribution >= 4 is 11.6 Å². The minimum atomic E-state index is -0.0776. The Labute approximate surface area is 94.3 Å². The number of pyridine rings is 1. The number of imidazole rings is 1. The molecular weight excluding hydrogens is 202 g/mol. The first kappa shape index (κ1) is 10.7. The number of nitrogens with zero attached hydrogens (tertiary/aromatic N) is 2. The number of carbonyl (C=O) groups excluding carboxylic acids is 1. The molecular formula is C12H15N3O. The van der Waals surface area contributed by atoms with Gasteiger partial charge in [0, 0.05) is 18.4 Å². The standard InChI is InChI=1S/C12H15N3O/c1-8(2)13-12(16)10-5-4-6-15-7-9(3)14-11(10)15/h4-8H,1-3H3,(H,13,16). The van der Waals surface area contributed by atoms with Gasteiger partial charge in [0.15, 0.2) is 0 Å². The van der Waals surface area contributed by atoms with E-state index >= 15 is 0 Å². The van der Waals surface area contributed by atoms with Gasteiger partial charge < -0.3 is 9.72 Å². The van der Waals surface area contributed by atoms with Crippen molar-refractivity contribution in [2.45, 2.75) is 26.8 Å². The number of hydrogen-bond donors (Lipinski definition) is 1. The number of carbonyl (C=O) groups is 1. The Balaban J connectivity index is 2.47. The fraction of sp³-hybridized carbons (Fsp3) is 0.333. The van der Waals surface area contributed by atoms with Crippen molar-refractivity contribution in [2.75, 3.05) is 0 Å². The van der Waals surface area contributed by atoms with Gasteiger partial charge in [0.1, 0.15) is 5.65 Å². The van der Waals surface area contributed by atoms with Crippen LogP contribution in [-0.2, 0) is 0 Å². The molecule has 2 aromatic heterocycles. The third-order valence-corrected chi connectivity index (χ3v) is 2.27. The van der Waals surface area contributed by atoms with Crippen LogP contribution in [0.1, 0.15) is 29.9 Å². The maximum absolute atomic E-state index is 11.9. The van der Waals surface area contributed by atoms with Gasteiger partial charge in [-0.3, -0.25) is 4.79 Å². The highest BCUT2D eigenvalue weighted by molar-refractivity contribution is 5.99. The van der Waals surface area contributed by atoms with E-state index in [1.807, 2.05) is 43.6 Å². The molecule has 4 nitrogen and oxygen atoms in total. The minimum Gasteiger partial charge on any atom is -0.350 e. The molecule has 0 aromatic carbocycles. The zero-order chi connectivity index (χ0) is 11.7. The Morgan fingerprint density at radius 1 is 1.50 bits per heavy atom. The van der Waals surface area contributed by atoms with Crippen LogP contribution in [0.15, 0.2) is 24.5 Å². The molecule has 0 spiro atoms. The first-order chi connectivity index (χ1) is 7.58. The molecule has 0 fully saturated rings. The van der Waals surface area contributed by atoms with Crippen molar-refractivity contribution in [3.05, 3.63) is 35.8 Å². The summed E-state index contributed by atoms with van der Waals surface area (Å²) in [5.74, 6) is -0.0776. The van der Waals surface area contributed by atoms with Crippen molar-refractivity contribution in [1.29, 1.82) is 0 Å². The van der Waals surface area contributed by atoms with Gasteiger partial charge in [-0.25, -0.2) is 4.98 Å². The Bertz CT molecular complexity index is 528. The largest absolute Gasteiger partial charge is 0.350 e. The molecule has 4 heteroatoms. The predicted octanol–water partition coefficient (Wildman–Crippen LogP) is 1.78. The Kier molecular flexibility index (Phi) is 2.64. The lowest BCUT2D eigenvalue weighted by Crippen LogP contribution is -2.30. The fourth-order valence-electron chi connectivity index (χ4n) is 1.65. The average Bonchev–Trinajstić information content (AvgIpc) is 2.55. The molecule has 0 aliphatic carbocycles. The highest BCUT2D eigenvalue weighted by Gasteiger charge is 2.12. The van der Waals surface area contributed by atoms with E-state index in [1.165, 1.54) is 0 Å². The lowest BCUT2D eigenvalue weighted by atomic mass is 10.2. The van der Waals surface area contributed by atoms with Crippen molar-refractivity contribution in [1.82, 2.24) is 14.7 Å². The van der Waals surface area contributed by atoms with E-state index in [0.717, 1.165) is 5.69 Å². The molecule has 16 heavy (non-hydrogen) atoms. The second-order valence-corrected chi connectivity index (χ2v) is 4.16. The monoisotopic (exact) mass is 217 g/mol. The van der Waals surface area contributed by atoms with E-state index in [4.69, 9.17) is 0 Å². The van der Waals surface area contributed by atoms with E-state index in [0.29, 0.717) is 11.2 Å². The van der Waals surface area contributed by atoms with E-state index in [-0.39, 0.29) is 11.9 Å². The average molecular weight is 217 g/mol. The normalized spacial score (nSPS) is 11.0. The summed E-state index contributed by atoms with van der Waals surface area (Å²) in [7, 11) is 0. The van der Waals surface area contributed by atoms with Crippen LogP contribution in [0.5, 0.6) is 0 Å². The summed E-state index contributed by atoms with van der Waals surface area (Å²) in [6.45, 7) is 5.79. The molecule has 2 heterocycles. The number of fused-ring (bicyclic) bond motifs is 1. The lowest BCUT2D eigenvalue weighted by molar-refractivity contribution is 0.0944. The topological polar surface area (TPSA) is 46.4 Å². The van der Waals surface area contributed by atoms with E-state index in [2.05, 4.69) is 10.3 Å². The Hall–Kier alpha value is -1.84. The Morgan fingerprint density at radius 3 is 2.94 bits per heavy atom. The molecule has 1 N–H and O–H groups in total. The second kappa shape index (κ2) is 3.96. The first-order valence-electron chi connectivity index (χ1n) is 5.33. The first-order valence-corrected chi connectivity index (χ1v) is 5.33. The summed E-state index contributed by atoms with van der Waals surface area (Å²) in [5, 5.41) is 2.87. The van der Waals surface area contributed by atoms with Crippen LogP contribution >= 0.6 is 0 Å². The summed E-state index contributed by atoms with van der Waals surface area (Å²) in [4.78, 5) is 16.3. The third-order valence-electron chi connectivity index (χ3n) is 2.27. The second-order valence-electron chi connectivity index (χ2n) is 4.16. The van der Waals surface area contributed by atoms with Crippen LogP contribution in [0.4, 0.5) is 0 Å². The molecule has 2 aromatic rings. The number of nitrogens with one attached hydrogen (secondary N) is 1. The Morgan fingerprint density at radius 2 is 2.25 bits per heavy atom. The van der Waals surface area contributed by atoms with Crippen LogP contribution in [-0.4, -0.2) is 21.3 Å². The SMILES string of the molecule is Cc1cn2cccc(C(=O)NC(C)C)c2n1. The van der Waals surface area contributed by atoms with Gasteiger partial charge in [0.25, 0.3) is 5.91 Å². The molecule has 0 unspecified atom stereocenters. The van der Waals surface area contributed by atoms with Crippen LogP contribution in [0.2, 0.25) is 0 Å². The summed E-state index contributed by atoms with van der Waals surface area (Å²) >= 11 is 0. The highest BCUT2D eigenvalue weighted by atomic mass is 16.1. The van der Waals surface area contributed by atoms with Gasteiger partial charge in [0.2, 0.25) is 0 Å². The van der Waals surface area contributed by atoms with Crippen LogP contribution in [0.3, 0.4) is 0 Å². The molecule has 0 saturated heterocycles. The van der Waals surface area contributed by atoms with Crippen molar-refractivity contribution in [3.8, 4) is 0 Å². The number of aromatic nitrogens is 2. The van der Waals surface area contributed by atoms with Crippen molar-refractivity contribution in [2.24, 2.45) is 0 Å². The van der Waals surface area contributed by atoms with Crippen LogP contribution in [0, 0.1) is 6.92 Å². The van der Waals surface area contributed by atoms with Crippen molar-refractivity contribution in [3.63, 3.8) is 0 Å². The van der Waals surface area contributed by atoms with Crippen LogP contribution < -0.4 is 5.32 Å². The third kappa shape index (κ3) is 1.91. The summed E-state index contributed by atoms with van der Waals surface area (Å²) < 4.78 is 1.87. The molecule has 0 aliphatic rings. The molecule has 0 bridgehead atoms. The molecule has 2 rings (SSSR count). The van der Waals surface area contributed by atoms with E-state index < -0.39 is 0 Å². The molecule has 1 amide bonds. The number of amides is 1. The van der Waals surface area contributed by atoms with Gasteiger partial charge >= 0.3 is 0 Å². The number of hydrogen-bond acceptors (Lipinski definition) is 2. The maximum Gasteiger partial charge on any atom is 0.255 e. The lowest BCUT2D eigenvalue weighted by Gasteiger charge is -2.08. The van der Waals surface area contributed by atoms with Gasteiger partial charge in [-0.2, -0.15) is 0 Å². The predicted molar refractivity (Wildman–Crippen MR) is 62.5 cm³/mol. The summed E-state index contributed by atoms with van der Waals surface area (Å²) in [6.07, 6.45) is 3.79. The molecule has 0 radical (unpaired) electrons. The van der Waals surface area contributed by atoms with Gasteiger partial charge in [-0.15, -0.1) is 0 Å². The quantitative estimate of drug-likeness (QED) is 0.833. The smallest absolute Gasteiger partial charge is 0.255 e. The maximum atomic E-state index is 11.9. The van der Waals surface area contributed by atoms with Gasteiger partial charge in [-0.1, -0.05) is 0 Å². The molecule has 0 aliphatic heterocycles. The van der Waals surface area contributed by atoms with E-state index in [1.54, 1.807) is 6.07 Å². The molecule has 0 saturated carbocycles. The fourth-order valence-corrected chi connectivity index (χ4v) is 1.65.